The highest BCUT2D eigenvalue weighted by Crippen LogP contribution is 2.22. The normalized spacial score (nSPS) is 11.1. The summed E-state index contributed by atoms with van der Waals surface area (Å²) in [6.07, 6.45) is -0.954. The third kappa shape index (κ3) is 6.21. The van der Waals surface area contributed by atoms with Gasteiger partial charge in [0.2, 0.25) is 0 Å². The SMILES string of the molecule is COc1c(C)cccc1C(=O)NCCc1ccc(S(=O)(=O)NC(=O)OC(C)C)cc1. The van der Waals surface area contributed by atoms with Crippen molar-refractivity contribution < 1.29 is 27.5 Å². The minimum atomic E-state index is -4.01. The van der Waals surface area contributed by atoms with Crippen molar-refractivity contribution in [2.45, 2.75) is 38.2 Å². The van der Waals surface area contributed by atoms with E-state index in [0.717, 1.165) is 11.1 Å². The summed E-state index contributed by atoms with van der Waals surface area (Å²) in [5.41, 5.74) is 2.15. The lowest BCUT2D eigenvalue weighted by Gasteiger charge is -2.12. The summed E-state index contributed by atoms with van der Waals surface area (Å²) in [6.45, 7) is 5.47. The lowest BCUT2D eigenvalue weighted by molar-refractivity contribution is 0.0950. The highest BCUT2D eigenvalue weighted by atomic mass is 32.2. The van der Waals surface area contributed by atoms with E-state index in [2.05, 4.69) is 5.32 Å². The van der Waals surface area contributed by atoms with Crippen LogP contribution in [-0.4, -0.2) is 40.2 Å². The standard InChI is InChI=1S/C21H26N2O6S/c1-14(2)29-21(25)23-30(26,27)17-10-8-16(9-11-17)12-13-22-20(24)18-7-5-6-15(3)19(18)28-4/h5-11,14H,12-13H2,1-4H3,(H,22,24)(H,23,25). The van der Waals surface area contributed by atoms with Crippen LogP contribution in [0.15, 0.2) is 47.4 Å². The van der Waals surface area contributed by atoms with Gasteiger partial charge < -0.3 is 14.8 Å². The number of ether oxygens (including phenoxy) is 2. The van der Waals surface area contributed by atoms with Crippen molar-refractivity contribution in [2.75, 3.05) is 13.7 Å². The van der Waals surface area contributed by atoms with Crippen LogP contribution in [0, 0.1) is 6.92 Å². The summed E-state index contributed by atoms with van der Waals surface area (Å²) in [6, 6.07) is 11.4. The molecule has 0 fully saturated rings. The molecule has 2 N–H and O–H groups in total. The Bertz CT molecular complexity index is 1000. The maximum atomic E-state index is 12.4. The van der Waals surface area contributed by atoms with Crippen molar-refractivity contribution in [3.05, 3.63) is 59.2 Å². The molecule has 30 heavy (non-hydrogen) atoms. The van der Waals surface area contributed by atoms with E-state index in [1.807, 2.05) is 17.7 Å². The molecule has 0 saturated carbocycles. The van der Waals surface area contributed by atoms with Crippen LogP contribution in [-0.2, 0) is 21.2 Å². The summed E-state index contributed by atoms with van der Waals surface area (Å²) < 4.78 is 36.4. The van der Waals surface area contributed by atoms with Gasteiger partial charge in [0.1, 0.15) is 5.75 Å². The third-order valence-corrected chi connectivity index (χ3v) is 5.48. The van der Waals surface area contributed by atoms with Crippen molar-refractivity contribution in [3.8, 4) is 5.75 Å². The quantitative estimate of drug-likeness (QED) is 0.661. The number of sulfonamides is 1. The lowest BCUT2D eigenvalue weighted by atomic mass is 10.1. The Morgan fingerprint density at radius 2 is 1.73 bits per heavy atom. The van der Waals surface area contributed by atoms with Gasteiger partial charge in [-0.1, -0.05) is 24.3 Å². The summed E-state index contributed by atoms with van der Waals surface area (Å²) in [4.78, 5) is 23.9. The summed E-state index contributed by atoms with van der Waals surface area (Å²) in [5.74, 6) is 0.288. The first-order valence-corrected chi connectivity index (χ1v) is 10.9. The zero-order valence-electron chi connectivity index (χ0n) is 17.4. The lowest BCUT2D eigenvalue weighted by Crippen LogP contribution is -2.32. The molecule has 2 rings (SSSR count). The minimum absolute atomic E-state index is 0.0551. The first kappa shape index (κ1) is 23.2. The summed E-state index contributed by atoms with van der Waals surface area (Å²) in [5, 5.41) is 2.83. The number of rotatable bonds is 8. The molecule has 2 amide bonds. The second kappa shape index (κ2) is 10.1. The number of aryl methyl sites for hydroxylation is 1. The number of benzene rings is 2. The maximum absolute atomic E-state index is 12.4. The van der Waals surface area contributed by atoms with Gasteiger partial charge in [0.15, 0.2) is 0 Å². The van der Waals surface area contributed by atoms with Crippen molar-refractivity contribution in [2.24, 2.45) is 0 Å². The molecule has 9 heteroatoms. The minimum Gasteiger partial charge on any atom is -0.496 e. The second-order valence-corrected chi connectivity index (χ2v) is 8.55. The van der Waals surface area contributed by atoms with E-state index < -0.39 is 22.2 Å². The number of carbonyl (C=O) groups excluding carboxylic acids is 2. The Morgan fingerprint density at radius 1 is 1.07 bits per heavy atom. The number of amides is 2. The Kier molecular flexibility index (Phi) is 7.82. The number of carbonyl (C=O) groups is 2. The van der Waals surface area contributed by atoms with Crippen LogP contribution in [0.3, 0.4) is 0 Å². The van der Waals surface area contributed by atoms with Gasteiger partial charge in [-0.25, -0.2) is 17.9 Å². The molecule has 0 aliphatic carbocycles. The molecule has 0 heterocycles. The molecule has 0 aromatic heterocycles. The van der Waals surface area contributed by atoms with Crippen molar-refractivity contribution in [1.29, 1.82) is 0 Å². The van der Waals surface area contributed by atoms with Crippen LogP contribution in [0.5, 0.6) is 5.75 Å². The van der Waals surface area contributed by atoms with Crippen molar-refractivity contribution >= 4 is 22.0 Å². The van der Waals surface area contributed by atoms with E-state index in [1.165, 1.54) is 19.2 Å². The Balaban J connectivity index is 1.94. The van der Waals surface area contributed by atoms with Crippen LogP contribution in [0.4, 0.5) is 4.79 Å². The number of para-hydroxylation sites is 1. The van der Waals surface area contributed by atoms with Gasteiger partial charge in [-0.05, 0) is 56.5 Å². The highest BCUT2D eigenvalue weighted by molar-refractivity contribution is 7.90. The average molecular weight is 435 g/mol. The van der Waals surface area contributed by atoms with Crippen LogP contribution in [0.25, 0.3) is 0 Å². The van der Waals surface area contributed by atoms with Gasteiger partial charge in [-0.15, -0.1) is 0 Å². The van der Waals surface area contributed by atoms with Crippen LogP contribution >= 0.6 is 0 Å². The van der Waals surface area contributed by atoms with E-state index in [1.54, 1.807) is 38.1 Å². The Morgan fingerprint density at radius 3 is 2.33 bits per heavy atom. The average Bonchev–Trinajstić information content (AvgIpc) is 2.67. The van der Waals surface area contributed by atoms with Gasteiger partial charge in [0, 0.05) is 6.54 Å². The van der Waals surface area contributed by atoms with Gasteiger partial charge in [-0.3, -0.25) is 4.79 Å². The van der Waals surface area contributed by atoms with Crippen molar-refractivity contribution in [3.63, 3.8) is 0 Å². The van der Waals surface area contributed by atoms with Gasteiger partial charge in [0.25, 0.3) is 15.9 Å². The van der Waals surface area contributed by atoms with Crippen LogP contribution in [0.1, 0.15) is 35.3 Å². The van der Waals surface area contributed by atoms with E-state index >= 15 is 0 Å². The number of nitrogens with one attached hydrogen (secondary N) is 2. The monoisotopic (exact) mass is 434 g/mol. The molecule has 2 aromatic carbocycles. The molecule has 8 nitrogen and oxygen atoms in total. The number of methoxy groups -OCH3 is 1. The predicted octanol–water partition coefficient (Wildman–Crippen LogP) is 2.80. The molecule has 0 aliphatic rings. The molecule has 0 radical (unpaired) electrons. The zero-order valence-corrected chi connectivity index (χ0v) is 18.2. The molecular formula is C21H26N2O6S. The fourth-order valence-electron chi connectivity index (χ4n) is 2.76. The Hall–Kier alpha value is -3.07. The molecule has 0 aliphatic heterocycles. The topological polar surface area (TPSA) is 111 Å². The fourth-order valence-corrected chi connectivity index (χ4v) is 3.64. The van der Waals surface area contributed by atoms with E-state index in [-0.39, 0.29) is 10.8 Å². The molecular weight excluding hydrogens is 408 g/mol. The zero-order chi connectivity index (χ0) is 22.3. The Labute approximate surface area is 176 Å². The molecule has 0 bridgehead atoms. The summed E-state index contributed by atoms with van der Waals surface area (Å²) in [7, 11) is -2.49. The van der Waals surface area contributed by atoms with E-state index in [4.69, 9.17) is 9.47 Å². The third-order valence-electron chi connectivity index (χ3n) is 4.15. The van der Waals surface area contributed by atoms with Crippen LogP contribution in [0.2, 0.25) is 0 Å². The molecule has 0 atom stereocenters. The maximum Gasteiger partial charge on any atom is 0.421 e. The van der Waals surface area contributed by atoms with E-state index in [0.29, 0.717) is 24.3 Å². The second-order valence-electron chi connectivity index (χ2n) is 6.87. The van der Waals surface area contributed by atoms with Crippen molar-refractivity contribution in [1.82, 2.24) is 10.0 Å². The fraction of sp³-hybridized carbons (Fsp3) is 0.333. The van der Waals surface area contributed by atoms with Gasteiger partial charge >= 0.3 is 6.09 Å². The largest absolute Gasteiger partial charge is 0.496 e. The first-order chi connectivity index (χ1) is 14.1. The first-order valence-electron chi connectivity index (χ1n) is 9.38. The number of hydrogen-bond donors (Lipinski definition) is 2. The smallest absolute Gasteiger partial charge is 0.421 e. The molecule has 0 unspecified atom stereocenters. The van der Waals surface area contributed by atoms with Gasteiger partial charge in [-0.2, -0.15) is 0 Å². The predicted molar refractivity (Wildman–Crippen MR) is 112 cm³/mol. The van der Waals surface area contributed by atoms with E-state index in [9.17, 15) is 18.0 Å². The van der Waals surface area contributed by atoms with Crippen LogP contribution < -0.4 is 14.8 Å². The summed E-state index contributed by atoms with van der Waals surface area (Å²) >= 11 is 0. The molecule has 0 spiro atoms. The number of hydrogen-bond acceptors (Lipinski definition) is 6. The molecule has 2 aromatic rings. The van der Waals surface area contributed by atoms with Gasteiger partial charge in [0.05, 0.1) is 23.7 Å². The molecule has 0 saturated heterocycles. The molecule has 162 valence electrons. The highest BCUT2D eigenvalue weighted by Gasteiger charge is 2.19.